The minimum Gasteiger partial charge on any atom is -0.490 e. The molecular formula is C33H32FN5O3. The number of benzene rings is 3. The molecule has 4 aromatic rings. The third kappa shape index (κ3) is 7.03. The standard InChI is InChI=1S/C33H32FN5O3/c1-2-14-41-28-10-11-32(42-22-24-6-4-3-5-7-24)27(17-28)20-39-13-12-38(21-33(39)40)31(30-19-36-23-37-30)16-25-8-9-26(18-35)29(34)15-25/h2-11,15,17,19,23,31H,1,12-14,16,20-22H2,(H,36,37). The van der Waals surface area contributed by atoms with Gasteiger partial charge >= 0.3 is 0 Å². The summed E-state index contributed by atoms with van der Waals surface area (Å²) in [5, 5.41) is 9.09. The van der Waals surface area contributed by atoms with Gasteiger partial charge < -0.3 is 19.4 Å². The maximum Gasteiger partial charge on any atom is 0.237 e. The van der Waals surface area contributed by atoms with Crippen LogP contribution in [0.2, 0.25) is 0 Å². The van der Waals surface area contributed by atoms with E-state index in [0.717, 1.165) is 22.4 Å². The van der Waals surface area contributed by atoms with E-state index in [-0.39, 0.29) is 24.1 Å². The van der Waals surface area contributed by atoms with E-state index in [1.54, 1.807) is 24.7 Å². The van der Waals surface area contributed by atoms with Crippen molar-refractivity contribution >= 4 is 5.91 Å². The van der Waals surface area contributed by atoms with Gasteiger partial charge in [-0.25, -0.2) is 9.37 Å². The molecule has 0 saturated carbocycles. The lowest BCUT2D eigenvalue weighted by Crippen LogP contribution is -2.51. The Balaban J connectivity index is 1.31. The van der Waals surface area contributed by atoms with Crippen LogP contribution in [-0.2, 0) is 24.4 Å². The van der Waals surface area contributed by atoms with Crippen LogP contribution in [-0.4, -0.2) is 51.9 Å². The summed E-state index contributed by atoms with van der Waals surface area (Å²) in [7, 11) is 0. The van der Waals surface area contributed by atoms with Crippen LogP contribution in [0.4, 0.5) is 4.39 Å². The summed E-state index contributed by atoms with van der Waals surface area (Å²) in [6, 6.07) is 21.8. The first-order valence-electron chi connectivity index (χ1n) is 13.8. The number of amides is 1. The molecule has 1 aromatic heterocycles. The first-order valence-corrected chi connectivity index (χ1v) is 13.8. The van der Waals surface area contributed by atoms with E-state index in [2.05, 4.69) is 21.4 Å². The van der Waals surface area contributed by atoms with Crippen molar-refractivity contribution in [3.05, 3.63) is 126 Å². The highest BCUT2D eigenvalue weighted by Crippen LogP contribution is 2.30. The van der Waals surface area contributed by atoms with E-state index in [1.165, 1.54) is 12.1 Å². The quantitative estimate of drug-likeness (QED) is 0.238. The topological polar surface area (TPSA) is 94.5 Å². The number of ether oxygens (including phenoxy) is 2. The summed E-state index contributed by atoms with van der Waals surface area (Å²) in [4.78, 5) is 24.7. The number of aromatic amines is 1. The van der Waals surface area contributed by atoms with Crippen molar-refractivity contribution in [1.82, 2.24) is 19.8 Å². The molecule has 42 heavy (non-hydrogen) atoms. The second-order valence-electron chi connectivity index (χ2n) is 10.1. The van der Waals surface area contributed by atoms with Crippen molar-refractivity contribution in [2.75, 3.05) is 26.2 Å². The maximum absolute atomic E-state index is 14.3. The molecule has 1 N–H and O–H groups in total. The molecular weight excluding hydrogens is 533 g/mol. The van der Waals surface area contributed by atoms with E-state index >= 15 is 0 Å². The number of rotatable bonds is 12. The van der Waals surface area contributed by atoms with Crippen molar-refractivity contribution in [3.63, 3.8) is 0 Å². The Morgan fingerprint density at radius 1 is 1.10 bits per heavy atom. The monoisotopic (exact) mass is 565 g/mol. The largest absolute Gasteiger partial charge is 0.490 e. The summed E-state index contributed by atoms with van der Waals surface area (Å²) in [5.41, 5.74) is 3.48. The number of nitriles is 1. The van der Waals surface area contributed by atoms with Gasteiger partial charge in [0.05, 0.1) is 30.2 Å². The van der Waals surface area contributed by atoms with Crippen molar-refractivity contribution in [3.8, 4) is 17.6 Å². The van der Waals surface area contributed by atoms with E-state index in [9.17, 15) is 9.18 Å². The number of halogens is 1. The Hall–Kier alpha value is -4.94. The number of hydrogen-bond acceptors (Lipinski definition) is 6. The molecule has 1 fully saturated rings. The smallest absolute Gasteiger partial charge is 0.237 e. The highest BCUT2D eigenvalue weighted by molar-refractivity contribution is 5.79. The first-order chi connectivity index (χ1) is 20.5. The Bertz CT molecular complexity index is 1550. The number of H-pyrrole nitrogens is 1. The number of nitrogens with one attached hydrogen (secondary N) is 1. The molecule has 9 heteroatoms. The lowest BCUT2D eigenvalue weighted by atomic mass is 10.00. The van der Waals surface area contributed by atoms with Gasteiger partial charge in [-0.15, -0.1) is 0 Å². The lowest BCUT2D eigenvalue weighted by molar-refractivity contribution is -0.137. The normalized spacial score (nSPS) is 14.3. The number of imidazole rings is 1. The highest BCUT2D eigenvalue weighted by atomic mass is 19.1. The molecule has 0 spiro atoms. The Morgan fingerprint density at radius 2 is 1.95 bits per heavy atom. The molecule has 1 saturated heterocycles. The number of nitrogens with zero attached hydrogens (tertiary/aromatic N) is 4. The summed E-state index contributed by atoms with van der Waals surface area (Å²) >= 11 is 0. The van der Waals surface area contributed by atoms with Gasteiger partial charge in [0.15, 0.2) is 0 Å². The zero-order valence-electron chi connectivity index (χ0n) is 23.2. The van der Waals surface area contributed by atoms with E-state index < -0.39 is 5.82 Å². The number of aromatic nitrogens is 2. The SMILES string of the molecule is C=CCOc1ccc(OCc2ccccc2)c(CN2CCN(C(Cc3ccc(C#N)c(F)c3)c3cnc[nH]3)CC2=O)c1. The predicted octanol–water partition coefficient (Wildman–Crippen LogP) is 5.19. The summed E-state index contributed by atoms with van der Waals surface area (Å²) < 4.78 is 26.3. The molecule has 214 valence electrons. The molecule has 1 unspecified atom stereocenters. The zero-order chi connectivity index (χ0) is 29.3. The van der Waals surface area contributed by atoms with Crippen LogP contribution in [0, 0.1) is 17.1 Å². The minimum absolute atomic E-state index is 0.00621. The molecule has 1 aliphatic heterocycles. The van der Waals surface area contributed by atoms with Crippen molar-refractivity contribution in [2.24, 2.45) is 0 Å². The lowest BCUT2D eigenvalue weighted by Gasteiger charge is -2.38. The van der Waals surface area contributed by atoms with Gasteiger partial charge in [-0.05, 0) is 47.9 Å². The molecule has 0 radical (unpaired) electrons. The average Bonchev–Trinajstić information content (AvgIpc) is 3.55. The van der Waals surface area contributed by atoms with E-state index in [1.807, 2.05) is 59.5 Å². The van der Waals surface area contributed by atoms with Crippen molar-refractivity contribution < 1.29 is 18.7 Å². The zero-order valence-corrected chi connectivity index (χ0v) is 23.2. The van der Waals surface area contributed by atoms with Crippen LogP contribution in [0.3, 0.4) is 0 Å². The molecule has 3 aromatic carbocycles. The van der Waals surface area contributed by atoms with E-state index in [4.69, 9.17) is 14.7 Å². The molecule has 0 bridgehead atoms. The Labute approximate surface area is 244 Å². The van der Waals surface area contributed by atoms with Crippen molar-refractivity contribution in [2.45, 2.75) is 25.6 Å². The fraction of sp³-hybridized carbons (Fsp3) is 0.242. The second kappa shape index (κ2) is 13.6. The molecule has 1 aliphatic rings. The molecule has 0 aliphatic carbocycles. The van der Waals surface area contributed by atoms with Crippen LogP contribution < -0.4 is 9.47 Å². The summed E-state index contributed by atoms with van der Waals surface area (Å²) in [6.07, 6.45) is 5.47. The van der Waals surface area contributed by atoms with Gasteiger partial charge in [0.1, 0.15) is 36.6 Å². The van der Waals surface area contributed by atoms with Crippen molar-refractivity contribution in [1.29, 1.82) is 5.26 Å². The third-order valence-electron chi connectivity index (χ3n) is 7.25. The molecule has 2 heterocycles. The van der Waals surface area contributed by atoms with Gasteiger partial charge in [-0.1, -0.05) is 49.1 Å². The molecule has 1 amide bonds. The van der Waals surface area contributed by atoms with E-state index in [0.29, 0.717) is 50.8 Å². The van der Waals surface area contributed by atoms with Crippen LogP contribution in [0.15, 0.2) is 91.9 Å². The van der Waals surface area contributed by atoms with Gasteiger partial charge in [-0.2, -0.15) is 5.26 Å². The van der Waals surface area contributed by atoms with Crippen LogP contribution in [0.1, 0.15) is 34.0 Å². The fourth-order valence-corrected chi connectivity index (χ4v) is 5.05. The van der Waals surface area contributed by atoms with Gasteiger partial charge in [0, 0.05) is 31.4 Å². The Kier molecular flexibility index (Phi) is 9.27. The van der Waals surface area contributed by atoms with Crippen LogP contribution in [0.5, 0.6) is 11.5 Å². The summed E-state index contributed by atoms with van der Waals surface area (Å²) in [5.74, 6) is 0.794. The summed E-state index contributed by atoms with van der Waals surface area (Å²) in [6.45, 7) is 6.17. The Morgan fingerprint density at radius 3 is 2.67 bits per heavy atom. The highest BCUT2D eigenvalue weighted by Gasteiger charge is 2.31. The number of carbonyl (C=O) groups is 1. The van der Waals surface area contributed by atoms with Crippen LogP contribution in [0.25, 0.3) is 0 Å². The average molecular weight is 566 g/mol. The molecule has 8 nitrogen and oxygen atoms in total. The number of carbonyl (C=O) groups excluding carboxylic acids is 1. The third-order valence-corrected chi connectivity index (χ3v) is 7.25. The van der Waals surface area contributed by atoms with Crippen LogP contribution >= 0.6 is 0 Å². The second-order valence-corrected chi connectivity index (χ2v) is 10.1. The maximum atomic E-state index is 14.3. The first kappa shape index (κ1) is 28.6. The minimum atomic E-state index is -0.552. The fourth-order valence-electron chi connectivity index (χ4n) is 5.05. The predicted molar refractivity (Wildman–Crippen MR) is 156 cm³/mol. The number of piperazine rings is 1. The van der Waals surface area contributed by atoms with Gasteiger partial charge in [-0.3, -0.25) is 9.69 Å². The van der Waals surface area contributed by atoms with Gasteiger partial charge in [0.2, 0.25) is 5.91 Å². The molecule has 5 rings (SSSR count). The van der Waals surface area contributed by atoms with Gasteiger partial charge in [0.25, 0.3) is 0 Å². The number of hydrogen-bond donors (Lipinski definition) is 1. The molecule has 1 atom stereocenters.